The van der Waals surface area contributed by atoms with Gasteiger partial charge in [0.15, 0.2) is 5.82 Å². The minimum Gasteiger partial charge on any atom is -0.391 e. The molecule has 2 N–H and O–H groups in total. The van der Waals surface area contributed by atoms with Gasteiger partial charge in [-0.15, -0.1) is 0 Å². The summed E-state index contributed by atoms with van der Waals surface area (Å²) >= 11 is 0. The lowest BCUT2D eigenvalue weighted by Crippen LogP contribution is -2.10. The summed E-state index contributed by atoms with van der Waals surface area (Å²) in [5.41, 5.74) is 3.60. The zero-order valence-electron chi connectivity index (χ0n) is 17.7. The number of hydrogen-bond donors (Lipinski definition) is 2. The van der Waals surface area contributed by atoms with Gasteiger partial charge in [0, 0.05) is 25.5 Å². The first-order chi connectivity index (χ1) is 14.3. The van der Waals surface area contributed by atoms with Gasteiger partial charge in [0.05, 0.1) is 17.0 Å². The second kappa shape index (κ2) is 9.33. The quantitative estimate of drug-likeness (QED) is 0.500. The monoisotopic (exact) mass is 401 g/mol. The van der Waals surface area contributed by atoms with Crippen LogP contribution in [0.25, 0.3) is 22.5 Å². The van der Waals surface area contributed by atoms with E-state index in [0.717, 1.165) is 34.2 Å². The van der Waals surface area contributed by atoms with E-state index >= 15 is 0 Å². The molecule has 30 heavy (non-hydrogen) atoms. The van der Waals surface area contributed by atoms with Gasteiger partial charge in [-0.25, -0.2) is 4.98 Å². The van der Waals surface area contributed by atoms with Crippen LogP contribution in [-0.4, -0.2) is 30.5 Å². The van der Waals surface area contributed by atoms with Crippen molar-refractivity contribution in [2.45, 2.75) is 26.4 Å². The molecule has 0 amide bonds. The number of rotatable bonds is 4. The van der Waals surface area contributed by atoms with Gasteiger partial charge in [0.2, 0.25) is 0 Å². The molecule has 4 rings (SSSR count). The third-order valence-electron chi connectivity index (χ3n) is 3.93. The fourth-order valence-electron chi connectivity index (χ4n) is 2.72. The maximum Gasteiger partial charge on any atom is 0.154 e. The van der Waals surface area contributed by atoms with Gasteiger partial charge in [-0.2, -0.15) is 5.10 Å². The first-order valence-corrected chi connectivity index (χ1v) is 9.76. The van der Waals surface area contributed by atoms with Crippen LogP contribution in [0.15, 0.2) is 79.1 Å². The first-order valence-electron chi connectivity index (χ1n) is 9.76. The number of benzene rings is 1. The van der Waals surface area contributed by atoms with Crippen molar-refractivity contribution in [3.05, 3.63) is 79.1 Å². The molecule has 0 aliphatic heterocycles. The van der Waals surface area contributed by atoms with Crippen LogP contribution in [0, 0.1) is 0 Å². The number of aryl methyl sites for hydroxylation is 1. The molecule has 0 atom stereocenters. The predicted octanol–water partition coefficient (Wildman–Crippen LogP) is 5.06. The summed E-state index contributed by atoms with van der Waals surface area (Å²) in [6, 6.07) is 22.1. The summed E-state index contributed by atoms with van der Waals surface area (Å²) in [5, 5.41) is 16.3. The zero-order chi connectivity index (χ0) is 21.6. The molecule has 154 valence electrons. The Labute approximate surface area is 177 Å². The standard InChI is InChI=1S/C20H17N5.C4H10O/c1-25-18(17-9-5-6-11-21-17)14-20(24-25)23-19-13-16(10-12-22-19)15-7-3-2-4-8-15;1-4(2,3)5/h2-14H,1H3,(H,22,23,24);5H,1-3H3. The summed E-state index contributed by atoms with van der Waals surface area (Å²) in [6.45, 7) is 5.23. The number of hydrogen-bond acceptors (Lipinski definition) is 5. The van der Waals surface area contributed by atoms with E-state index in [2.05, 4.69) is 32.5 Å². The van der Waals surface area contributed by atoms with E-state index in [0.29, 0.717) is 0 Å². The Balaban J connectivity index is 0.000000461. The van der Waals surface area contributed by atoms with Gasteiger partial charge < -0.3 is 10.4 Å². The highest BCUT2D eigenvalue weighted by molar-refractivity contribution is 5.69. The van der Waals surface area contributed by atoms with Crippen molar-refractivity contribution in [1.29, 1.82) is 0 Å². The van der Waals surface area contributed by atoms with E-state index in [4.69, 9.17) is 5.11 Å². The van der Waals surface area contributed by atoms with E-state index in [-0.39, 0.29) is 0 Å². The van der Waals surface area contributed by atoms with E-state index in [1.54, 1.807) is 33.2 Å². The maximum absolute atomic E-state index is 8.52. The molecule has 0 aliphatic carbocycles. The van der Waals surface area contributed by atoms with Gasteiger partial charge >= 0.3 is 0 Å². The second-order valence-electron chi connectivity index (χ2n) is 7.85. The molecule has 0 bridgehead atoms. The van der Waals surface area contributed by atoms with E-state index < -0.39 is 5.60 Å². The molecule has 0 aliphatic rings. The van der Waals surface area contributed by atoms with Crippen molar-refractivity contribution in [3.8, 4) is 22.5 Å². The SMILES string of the molecule is CC(C)(C)O.Cn1nc(Nc2cc(-c3ccccc3)ccn2)cc1-c1ccccn1. The summed E-state index contributed by atoms with van der Waals surface area (Å²) < 4.78 is 1.81. The molecular weight excluding hydrogens is 374 g/mol. The highest BCUT2D eigenvalue weighted by atomic mass is 16.3. The highest BCUT2D eigenvalue weighted by Gasteiger charge is 2.09. The predicted molar refractivity (Wildman–Crippen MR) is 121 cm³/mol. The fraction of sp³-hybridized carbons (Fsp3) is 0.208. The number of anilines is 2. The molecule has 3 heterocycles. The minimum absolute atomic E-state index is 0.500. The van der Waals surface area contributed by atoms with Gasteiger partial charge in [-0.05, 0) is 56.2 Å². The lowest BCUT2D eigenvalue weighted by molar-refractivity contribution is 0.102. The molecule has 0 saturated carbocycles. The third-order valence-corrected chi connectivity index (χ3v) is 3.93. The molecule has 0 saturated heterocycles. The molecular formula is C24H27N5O. The van der Waals surface area contributed by atoms with E-state index in [1.807, 2.05) is 66.3 Å². The van der Waals surface area contributed by atoms with Crippen LogP contribution in [0.3, 0.4) is 0 Å². The molecule has 6 nitrogen and oxygen atoms in total. The molecule has 0 unspecified atom stereocenters. The molecule has 0 fully saturated rings. The molecule has 3 aromatic heterocycles. The number of aromatic nitrogens is 4. The molecule has 0 radical (unpaired) electrons. The highest BCUT2D eigenvalue weighted by Crippen LogP contribution is 2.24. The van der Waals surface area contributed by atoms with Crippen LogP contribution in [-0.2, 0) is 7.05 Å². The lowest BCUT2D eigenvalue weighted by atomic mass is 10.1. The average Bonchev–Trinajstić information content (AvgIpc) is 3.08. The van der Waals surface area contributed by atoms with E-state index in [1.165, 1.54) is 0 Å². The van der Waals surface area contributed by atoms with E-state index in [9.17, 15) is 0 Å². The smallest absolute Gasteiger partial charge is 0.154 e. The second-order valence-corrected chi connectivity index (χ2v) is 7.85. The average molecular weight is 402 g/mol. The maximum atomic E-state index is 8.52. The van der Waals surface area contributed by atoms with Crippen molar-refractivity contribution in [2.75, 3.05) is 5.32 Å². The van der Waals surface area contributed by atoms with Crippen LogP contribution >= 0.6 is 0 Å². The van der Waals surface area contributed by atoms with Crippen molar-refractivity contribution < 1.29 is 5.11 Å². The van der Waals surface area contributed by atoms with Crippen LogP contribution in [0.5, 0.6) is 0 Å². The van der Waals surface area contributed by atoms with Crippen LogP contribution in [0.1, 0.15) is 20.8 Å². The topological polar surface area (TPSA) is 75.9 Å². The Morgan fingerprint density at radius 3 is 2.17 bits per heavy atom. The van der Waals surface area contributed by atoms with Gasteiger partial charge in [-0.1, -0.05) is 36.4 Å². The number of nitrogens with one attached hydrogen (secondary N) is 1. The molecule has 0 spiro atoms. The molecule has 6 heteroatoms. The normalized spacial score (nSPS) is 10.8. The summed E-state index contributed by atoms with van der Waals surface area (Å²) in [5.74, 6) is 1.49. The molecule has 1 aromatic carbocycles. The van der Waals surface area contributed by atoms with Gasteiger partial charge in [0.1, 0.15) is 5.82 Å². The summed E-state index contributed by atoms with van der Waals surface area (Å²) in [7, 11) is 1.91. The Morgan fingerprint density at radius 1 is 0.800 bits per heavy atom. The van der Waals surface area contributed by atoms with Crippen LogP contribution < -0.4 is 5.32 Å². The number of aliphatic hydroxyl groups is 1. The van der Waals surface area contributed by atoms with Crippen molar-refractivity contribution in [3.63, 3.8) is 0 Å². The Hall–Kier alpha value is -3.51. The fourth-order valence-corrected chi connectivity index (χ4v) is 2.72. The number of nitrogens with zero attached hydrogens (tertiary/aromatic N) is 4. The van der Waals surface area contributed by atoms with Crippen LogP contribution in [0.4, 0.5) is 11.6 Å². The minimum atomic E-state index is -0.500. The third kappa shape index (κ3) is 6.25. The first kappa shape index (κ1) is 21.2. The summed E-state index contributed by atoms with van der Waals surface area (Å²) in [4.78, 5) is 8.78. The number of pyridine rings is 2. The van der Waals surface area contributed by atoms with Crippen molar-refractivity contribution in [1.82, 2.24) is 19.7 Å². The van der Waals surface area contributed by atoms with Crippen molar-refractivity contribution >= 4 is 11.6 Å². The molecule has 4 aromatic rings. The Bertz CT molecular complexity index is 1060. The van der Waals surface area contributed by atoms with Crippen molar-refractivity contribution in [2.24, 2.45) is 7.05 Å². The Kier molecular flexibility index (Phi) is 6.59. The van der Waals surface area contributed by atoms with Gasteiger partial charge in [0.25, 0.3) is 0 Å². The summed E-state index contributed by atoms with van der Waals surface area (Å²) in [6.07, 6.45) is 3.58. The Morgan fingerprint density at radius 2 is 1.50 bits per heavy atom. The van der Waals surface area contributed by atoms with Crippen LogP contribution in [0.2, 0.25) is 0 Å². The van der Waals surface area contributed by atoms with Gasteiger partial charge in [-0.3, -0.25) is 9.67 Å². The largest absolute Gasteiger partial charge is 0.391 e. The zero-order valence-corrected chi connectivity index (χ0v) is 17.7. The lowest BCUT2D eigenvalue weighted by Gasteiger charge is -2.05.